The first-order valence-electron chi connectivity index (χ1n) is 9.21. The van der Waals surface area contributed by atoms with Gasteiger partial charge in [0, 0.05) is 42.1 Å². The lowest BCUT2D eigenvalue weighted by Gasteiger charge is -2.29. The Morgan fingerprint density at radius 1 is 1.07 bits per heavy atom. The number of amides is 2. The molecule has 1 heterocycles. The summed E-state index contributed by atoms with van der Waals surface area (Å²) in [6.45, 7) is 7.00. The number of nitrogens with one attached hydrogen (secondary N) is 2. The largest absolute Gasteiger partial charge is 0.378 e. The van der Waals surface area contributed by atoms with Crippen molar-refractivity contribution in [3.63, 3.8) is 0 Å². The molecule has 1 aliphatic rings. The monoisotopic (exact) mass is 367 g/mol. The number of carbonyl (C=O) groups excluding carboxylic acids is 2. The second-order valence-electron chi connectivity index (χ2n) is 6.54. The topological polar surface area (TPSA) is 70.7 Å². The lowest BCUT2D eigenvalue weighted by molar-refractivity contribution is -0.115. The molecule has 27 heavy (non-hydrogen) atoms. The zero-order chi connectivity index (χ0) is 19.2. The summed E-state index contributed by atoms with van der Waals surface area (Å²) < 4.78 is 5.39. The first-order chi connectivity index (χ1) is 13.1. The molecule has 0 spiro atoms. The number of hydrogen-bond donors (Lipinski definition) is 2. The second kappa shape index (κ2) is 8.68. The number of morpholine rings is 1. The summed E-state index contributed by atoms with van der Waals surface area (Å²) in [5.41, 5.74) is 4.04. The van der Waals surface area contributed by atoms with Crippen molar-refractivity contribution in [1.82, 2.24) is 0 Å². The van der Waals surface area contributed by atoms with Gasteiger partial charge in [-0.25, -0.2) is 0 Å². The summed E-state index contributed by atoms with van der Waals surface area (Å²) in [5.74, 6) is -0.285. The Hall–Kier alpha value is -2.86. The van der Waals surface area contributed by atoms with Crippen LogP contribution in [0.2, 0.25) is 0 Å². The van der Waals surface area contributed by atoms with E-state index in [1.165, 1.54) is 0 Å². The van der Waals surface area contributed by atoms with Crippen molar-refractivity contribution in [2.45, 2.75) is 20.3 Å². The van der Waals surface area contributed by atoms with Gasteiger partial charge in [-0.3, -0.25) is 9.59 Å². The first-order valence-corrected chi connectivity index (χ1v) is 9.21. The highest BCUT2D eigenvalue weighted by atomic mass is 16.5. The minimum Gasteiger partial charge on any atom is -0.378 e. The molecule has 0 radical (unpaired) electrons. The van der Waals surface area contributed by atoms with Gasteiger partial charge in [-0.05, 0) is 48.9 Å². The average molecular weight is 367 g/mol. The van der Waals surface area contributed by atoms with Crippen LogP contribution in [-0.4, -0.2) is 38.1 Å². The Labute approximate surface area is 159 Å². The Morgan fingerprint density at radius 2 is 1.85 bits per heavy atom. The third kappa shape index (κ3) is 4.86. The third-order valence-corrected chi connectivity index (χ3v) is 4.56. The first kappa shape index (κ1) is 18.9. The molecule has 0 unspecified atom stereocenters. The number of ether oxygens (including phenoxy) is 1. The van der Waals surface area contributed by atoms with E-state index in [0.29, 0.717) is 17.7 Å². The number of aryl methyl sites for hydroxylation is 1. The van der Waals surface area contributed by atoms with E-state index in [1.807, 2.05) is 19.1 Å². The zero-order valence-electron chi connectivity index (χ0n) is 15.7. The minimum atomic E-state index is -0.204. The van der Waals surface area contributed by atoms with E-state index in [1.54, 1.807) is 31.2 Å². The van der Waals surface area contributed by atoms with E-state index in [9.17, 15) is 9.59 Å². The van der Waals surface area contributed by atoms with Crippen LogP contribution in [0.3, 0.4) is 0 Å². The van der Waals surface area contributed by atoms with Gasteiger partial charge in [-0.1, -0.05) is 13.0 Å². The van der Waals surface area contributed by atoms with Crippen molar-refractivity contribution in [3.8, 4) is 0 Å². The molecule has 2 aromatic rings. The van der Waals surface area contributed by atoms with Crippen molar-refractivity contribution in [2.75, 3.05) is 41.8 Å². The summed E-state index contributed by atoms with van der Waals surface area (Å²) in [4.78, 5) is 26.4. The van der Waals surface area contributed by atoms with E-state index in [2.05, 4.69) is 21.6 Å². The minimum absolute atomic E-state index is 0.0814. The van der Waals surface area contributed by atoms with Gasteiger partial charge >= 0.3 is 0 Å². The standard InChI is InChI=1S/C21H25N3O3/c1-3-20(25)22-17-6-4-5-16(14-17)21(26)23-19-8-7-18(13-15(19)2)24-9-11-27-12-10-24/h4-8,13-14H,3,9-12H2,1-2H3,(H,22,25)(H,23,26). The van der Waals surface area contributed by atoms with Crippen LogP contribution in [0.4, 0.5) is 17.1 Å². The maximum Gasteiger partial charge on any atom is 0.255 e. The number of carbonyl (C=O) groups is 2. The van der Waals surface area contributed by atoms with Crippen LogP contribution in [0.1, 0.15) is 29.3 Å². The Morgan fingerprint density at radius 3 is 2.56 bits per heavy atom. The van der Waals surface area contributed by atoms with Crippen molar-refractivity contribution >= 4 is 28.9 Å². The summed E-state index contributed by atoms with van der Waals surface area (Å²) in [6.07, 6.45) is 0.394. The molecule has 1 saturated heterocycles. The molecule has 2 N–H and O–H groups in total. The molecule has 6 heteroatoms. The van der Waals surface area contributed by atoms with Gasteiger partial charge in [-0.15, -0.1) is 0 Å². The molecule has 2 aromatic carbocycles. The maximum atomic E-state index is 12.6. The fraction of sp³-hybridized carbons (Fsp3) is 0.333. The second-order valence-corrected chi connectivity index (χ2v) is 6.54. The van der Waals surface area contributed by atoms with Crippen LogP contribution in [0, 0.1) is 6.92 Å². The quantitative estimate of drug-likeness (QED) is 0.849. The molecule has 6 nitrogen and oxygen atoms in total. The molecular formula is C21H25N3O3. The Bertz CT molecular complexity index is 829. The SMILES string of the molecule is CCC(=O)Nc1cccc(C(=O)Nc2ccc(N3CCOCC3)cc2C)c1. The number of rotatable bonds is 5. The number of nitrogens with zero attached hydrogens (tertiary/aromatic N) is 1. The van der Waals surface area contributed by atoms with Crippen molar-refractivity contribution < 1.29 is 14.3 Å². The van der Waals surface area contributed by atoms with Crippen molar-refractivity contribution in [1.29, 1.82) is 0 Å². The van der Waals surface area contributed by atoms with Crippen molar-refractivity contribution in [3.05, 3.63) is 53.6 Å². The van der Waals surface area contributed by atoms with Gasteiger partial charge in [0.2, 0.25) is 5.91 Å². The van der Waals surface area contributed by atoms with E-state index in [-0.39, 0.29) is 11.8 Å². The molecule has 142 valence electrons. The van der Waals surface area contributed by atoms with Gasteiger partial charge < -0.3 is 20.3 Å². The summed E-state index contributed by atoms with van der Waals surface area (Å²) in [5, 5.41) is 5.73. The molecule has 0 saturated carbocycles. The fourth-order valence-corrected chi connectivity index (χ4v) is 2.99. The fourth-order valence-electron chi connectivity index (χ4n) is 2.99. The van der Waals surface area contributed by atoms with Crippen LogP contribution >= 0.6 is 0 Å². The molecular weight excluding hydrogens is 342 g/mol. The molecule has 0 bridgehead atoms. The predicted octanol–water partition coefficient (Wildman–Crippen LogP) is 3.43. The van der Waals surface area contributed by atoms with Crippen molar-refractivity contribution in [2.24, 2.45) is 0 Å². The van der Waals surface area contributed by atoms with Crippen LogP contribution in [-0.2, 0) is 9.53 Å². The zero-order valence-corrected chi connectivity index (χ0v) is 15.7. The van der Waals surface area contributed by atoms with Crippen LogP contribution in [0.25, 0.3) is 0 Å². The molecule has 2 amide bonds. The average Bonchev–Trinajstić information content (AvgIpc) is 2.70. The Balaban J connectivity index is 1.70. The molecule has 1 fully saturated rings. The van der Waals surface area contributed by atoms with Crippen LogP contribution in [0.15, 0.2) is 42.5 Å². The smallest absolute Gasteiger partial charge is 0.255 e. The van der Waals surface area contributed by atoms with E-state index in [4.69, 9.17) is 4.74 Å². The molecule has 0 aromatic heterocycles. The van der Waals surface area contributed by atoms with Crippen LogP contribution < -0.4 is 15.5 Å². The molecule has 3 rings (SSSR count). The lowest BCUT2D eigenvalue weighted by Crippen LogP contribution is -2.36. The summed E-state index contributed by atoms with van der Waals surface area (Å²) >= 11 is 0. The van der Waals surface area contributed by atoms with E-state index in [0.717, 1.165) is 43.2 Å². The van der Waals surface area contributed by atoms with Gasteiger partial charge in [0.25, 0.3) is 5.91 Å². The molecule has 1 aliphatic heterocycles. The highest BCUT2D eigenvalue weighted by Gasteiger charge is 2.14. The van der Waals surface area contributed by atoms with E-state index >= 15 is 0 Å². The highest BCUT2D eigenvalue weighted by Crippen LogP contribution is 2.24. The summed E-state index contributed by atoms with van der Waals surface area (Å²) in [6, 6.07) is 13.0. The molecule has 0 atom stereocenters. The lowest BCUT2D eigenvalue weighted by atomic mass is 10.1. The highest BCUT2D eigenvalue weighted by molar-refractivity contribution is 6.05. The van der Waals surface area contributed by atoms with Crippen LogP contribution in [0.5, 0.6) is 0 Å². The normalized spacial score (nSPS) is 13.9. The number of hydrogen-bond acceptors (Lipinski definition) is 4. The Kier molecular flexibility index (Phi) is 6.08. The van der Waals surface area contributed by atoms with Gasteiger partial charge in [-0.2, -0.15) is 0 Å². The van der Waals surface area contributed by atoms with Gasteiger partial charge in [0.15, 0.2) is 0 Å². The number of benzene rings is 2. The maximum absolute atomic E-state index is 12.6. The van der Waals surface area contributed by atoms with Gasteiger partial charge in [0.05, 0.1) is 13.2 Å². The number of anilines is 3. The summed E-state index contributed by atoms with van der Waals surface area (Å²) in [7, 11) is 0. The van der Waals surface area contributed by atoms with E-state index < -0.39 is 0 Å². The molecule has 0 aliphatic carbocycles. The van der Waals surface area contributed by atoms with Gasteiger partial charge in [0.1, 0.15) is 0 Å². The third-order valence-electron chi connectivity index (χ3n) is 4.56. The predicted molar refractivity (Wildman–Crippen MR) is 108 cm³/mol.